The van der Waals surface area contributed by atoms with Gasteiger partial charge in [0.1, 0.15) is 18.0 Å². The zero-order valence-electron chi connectivity index (χ0n) is 11.3. The summed E-state index contributed by atoms with van der Waals surface area (Å²) in [6, 6.07) is 18.6. The molecule has 1 saturated carbocycles. The minimum Gasteiger partial charge on any atom is -0.488 e. The third-order valence-corrected chi connectivity index (χ3v) is 4.60. The summed E-state index contributed by atoms with van der Waals surface area (Å²) in [6.45, 7) is 0. The molecule has 3 atom stereocenters. The number of ether oxygens (including phenoxy) is 2. The van der Waals surface area contributed by atoms with Crippen molar-refractivity contribution in [1.29, 1.82) is 0 Å². The van der Waals surface area contributed by atoms with E-state index in [-0.39, 0.29) is 12.2 Å². The maximum atomic E-state index is 5.96. The van der Waals surface area contributed by atoms with E-state index < -0.39 is 0 Å². The molecule has 3 rings (SSSR count). The molecule has 0 aliphatic heterocycles. The highest BCUT2D eigenvalue weighted by Crippen LogP contribution is 2.34. The van der Waals surface area contributed by atoms with Gasteiger partial charge in [-0.25, -0.2) is 0 Å². The summed E-state index contributed by atoms with van der Waals surface area (Å²) in [6.07, 6.45) is 1.27. The molecule has 0 spiro atoms. The van der Waals surface area contributed by atoms with Gasteiger partial charge in [0.05, 0.1) is 0 Å². The van der Waals surface area contributed by atoms with Gasteiger partial charge in [-0.2, -0.15) is 0 Å². The topological polar surface area (TPSA) is 18.5 Å². The minimum atomic E-state index is 0.142. The molecule has 104 valence electrons. The molecule has 0 N–H and O–H groups in total. The lowest BCUT2D eigenvalue weighted by molar-refractivity contribution is -0.0544. The molecule has 0 radical (unpaired) electrons. The van der Waals surface area contributed by atoms with Gasteiger partial charge in [0, 0.05) is 18.4 Å². The van der Waals surface area contributed by atoms with Gasteiger partial charge in [0.2, 0.25) is 0 Å². The minimum absolute atomic E-state index is 0.142. The van der Waals surface area contributed by atoms with Crippen molar-refractivity contribution in [3.8, 4) is 16.9 Å². The highest BCUT2D eigenvalue weighted by atomic mass is 79.9. The van der Waals surface area contributed by atoms with Crippen LogP contribution >= 0.6 is 15.9 Å². The molecule has 1 aliphatic carbocycles. The maximum absolute atomic E-state index is 5.96. The first-order chi connectivity index (χ1) is 9.78. The van der Waals surface area contributed by atoms with Crippen LogP contribution in [-0.4, -0.2) is 24.1 Å². The highest BCUT2D eigenvalue weighted by Gasteiger charge is 2.41. The Kier molecular flexibility index (Phi) is 4.08. The van der Waals surface area contributed by atoms with Gasteiger partial charge in [-0.05, 0) is 23.3 Å². The molecular weight excluding hydrogens is 316 g/mol. The van der Waals surface area contributed by atoms with Crippen molar-refractivity contribution >= 4 is 15.9 Å². The summed E-state index contributed by atoms with van der Waals surface area (Å²) >= 11 is 3.58. The van der Waals surface area contributed by atoms with Crippen molar-refractivity contribution in [1.82, 2.24) is 0 Å². The molecule has 20 heavy (non-hydrogen) atoms. The van der Waals surface area contributed by atoms with Gasteiger partial charge in [0.15, 0.2) is 0 Å². The standard InChI is InChI=1S/C17H17BrO2/c1-19-17-15(18)11-16(17)20-14-9-7-13(8-10-14)12-5-3-2-4-6-12/h2-10,15-17H,11H2,1H3. The average molecular weight is 333 g/mol. The second kappa shape index (κ2) is 5.98. The molecule has 0 amide bonds. The zero-order valence-corrected chi connectivity index (χ0v) is 12.9. The van der Waals surface area contributed by atoms with Gasteiger partial charge in [0.25, 0.3) is 0 Å². The molecule has 3 unspecified atom stereocenters. The Labute approximate surface area is 127 Å². The van der Waals surface area contributed by atoms with Crippen molar-refractivity contribution in [2.75, 3.05) is 7.11 Å². The van der Waals surface area contributed by atoms with E-state index in [1.165, 1.54) is 11.1 Å². The second-order valence-electron chi connectivity index (χ2n) is 5.00. The predicted molar refractivity (Wildman–Crippen MR) is 84.4 cm³/mol. The van der Waals surface area contributed by atoms with Crippen molar-refractivity contribution < 1.29 is 9.47 Å². The molecule has 3 heteroatoms. The molecule has 0 bridgehead atoms. The van der Waals surface area contributed by atoms with Crippen molar-refractivity contribution in [2.24, 2.45) is 0 Å². The Morgan fingerprint density at radius 1 is 0.950 bits per heavy atom. The van der Waals surface area contributed by atoms with E-state index in [1.54, 1.807) is 7.11 Å². The number of hydrogen-bond acceptors (Lipinski definition) is 2. The summed E-state index contributed by atoms with van der Waals surface area (Å²) in [7, 11) is 1.73. The Bertz CT molecular complexity index is 553. The van der Waals surface area contributed by atoms with Crippen LogP contribution in [0.3, 0.4) is 0 Å². The van der Waals surface area contributed by atoms with Crippen LogP contribution in [0.2, 0.25) is 0 Å². The number of rotatable bonds is 4. The van der Waals surface area contributed by atoms with E-state index >= 15 is 0 Å². The molecule has 0 aromatic heterocycles. The summed E-state index contributed by atoms with van der Waals surface area (Å²) < 4.78 is 11.4. The third kappa shape index (κ3) is 2.74. The highest BCUT2D eigenvalue weighted by molar-refractivity contribution is 9.09. The van der Waals surface area contributed by atoms with E-state index in [1.807, 2.05) is 30.3 Å². The van der Waals surface area contributed by atoms with E-state index in [9.17, 15) is 0 Å². The normalized spacial score (nSPS) is 25.0. The fourth-order valence-electron chi connectivity index (χ4n) is 2.47. The first-order valence-electron chi connectivity index (χ1n) is 6.77. The first kappa shape index (κ1) is 13.7. The van der Waals surface area contributed by atoms with Crippen LogP contribution in [0.4, 0.5) is 0 Å². The number of methoxy groups -OCH3 is 1. The monoisotopic (exact) mass is 332 g/mol. The van der Waals surface area contributed by atoms with Crippen LogP contribution in [0.15, 0.2) is 54.6 Å². The molecule has 0 saturated heterocycles. The van der Waals surface area contributed by atoms with Gasteiger partial charge in [-0.1, -0.05) is 58.4 Å². The quantitative estimate of drug-likeness (QED) is 0.778. The molecule has 2 nitrogen and oxygen atoms in total. The maximum Gasteiger partial charge on any atom is 0.127 e. The van der Waals surface area contributed by atoms with E-state index in [0.29, 0.717) is 4.83 Å². The summed E-state index contributed by atoms with van der Waals surface area (Å²) in [5.41, 5.74) is 2.42. The van der Waals surface area contributed by atoms with Crippen LogP contribution in [0.1, 0.15) is 6.42 Å². The van der Waals surface area contributed by atoms with Crippen molar-refractivity contribution in [3.63, 3.8) is 0 Å². The Morgan fingerprint density at radius 2 is 1.60 bits per heavy atom. The van der Waals surface area contributed by atoms with Crippen molar-refractivity contribution in [3.05, 3.63) is 54.6 Å². The Morgan fingerprint density at radius 3 is 2.20 bits per heavy atom. The fraction of sp³-hybridized carbons (Fsp3) is 0.294. The van der Waals surface area contributed by atoms with Crippen LogP contribution in [0.25, 0.3) is 11.1 Å². The molecule has 2 aromatic carbocycles. The lowest BCUT2D eigenvalue weighted by atomic mass is 9.91. The number of hydrogen-bond donors (Lipinski definition) is 0. The van der Waals surface area contributed by atoms with Gasteiger partial charge in [-0.15, -0.1) is 0 Å². The fourth-order valence-corrected chi connectivity index (χ4v) is 3.40. The van der Waals surface area contributed by atoms with Crippen LogP contribution in [0.5, 0.6) is 5.75 Å². The number of halogens is 1. The Hall–Kier alpha value is -1.32. The van der Waals surface area contributed by atoms with E-state index in [4.69, 9.17) is 9.47 Å². The van der Waals surface area contributed by atoms with Gasteiger partial charge >= 0.3 is 0 Å². The van der Waals surface area contributed by atoms with Crippen molar-refractivity contribution in [2.45, 2.75) is 23.5 Å². The van der Waals surface area contributed by atoms with Gasteiger partial charge in [-0.3, -0.25) is 0 Å². The summed E-state index contributed by atoms with van der Waals surface area (Å²) in [5.74, 6) is 0.899. The van der Waals surface area contributed by atoms with E-state index in [0.717, 1.165) is 12.2 Å². The average Bonchev–Trinajstić information content (AvgIpc) is 2.49. The molecule has 0 heterocycles. The summed E-state index contributed by atoms with van der Waals surface area (Å²) in [4.78, 5) is 0.404. The number of benzene rings is 2. The van der Waals surface area contributed by atoms with E-state index in [2.05, 4.69) is 40.2 Å². The molecule has 1 fully saturated rings. The lowest BCUT2D eigenvalue weighted by Gasteiger charge is -2.40. The molecule has 1 aliphatic rings. The van der Waals surface area contributed by atoms with Gasteiger partial charge < -0.3 is 9.47 Å². The van der Waals surface area contributed by atoms with Crippen LogP contribution in [-0.2, 0) is 4.74 Å². The summed E-state index contributed by atoms with van der Waals surface area (Å²) in [5, 5.41) is 0. The third-order valence-electron chi connectivity index (χ3n) is 3.70. The lowest BCUT2D eigenvalue weighted by Crippen LogP contribution is -2.51. The largest absolute Gasteiger partial charge is 0.488 e. The smallest absolute Gasteiger partial charge is 0.127 e. The first-order valence-corrected chi connectivity index (χ1v) is 7.68. The molecular formula is C17H17BrO2. The SMILES string of the molecule is COC1C(Br)CC1Oc1ccc(-c2ccccc2)cc1. The predicted octanol–water partition coefficient (Wildman–Crippen LogP) is 4.28. The van der Waals surface area contributed by atoms with Crippen LogP contribution < -0.4 is 4.74 Å². The second-order valence-corrected chi connectivity index (χ2v) is 6.17. The molecule has 2 aromatic rings. The zero-order chi connectivity index (χ0) is 13.9. The number of alkyl halides is 1. The Balaban J connectivity index is 1.68. The van der Waals surface area contributed by atoms with Crippen LogP contribution in [0, 0.1) is 0 Å².